The fraction of sp³-hybridized carbons (Fsp3) is 0.259. The molecule has 0 bridgehead atoms. The molecule has 0 aliphatic carbocycles. The molecule has 6 heteroatoms. The van der Waals surface area contributed by atoms with Crippen molar-refractivity contribution >= 4 is 35.9 Å². The first kappa shape index (κ1) is 23.6. The number of nitrogens with zero attached hydrogens (tertiary/aromatic N) is 3. The Labute approximate surface area is 205 Å². The number of hydrogen-bond acceptors (Lipinski definition) is 4. The van der Waals surface area contributed by atoms with Crippen LogP contribution in [-0.2, 0) is 19.5 Å². The number of rotatable bonds is 8. The first-order valence-corrected chi connectivity index (χ1v) is 12.7. The van der Waals surface area contributed by atoms with Crippen molar-refractivity contribution in [1.29, 1.82) is 0 Å². The molecule has 0 saturated carbocycles. The van der Waals surface area contributed by atoms with E-state index < -0.39 is 0 Å². The van der Waals surface area contributed by atoms with Crippen LogP contribution in [-0.4, -0.2) is 42.0 Å². The first-order valence-electron chi connectivity index (χ1n) is 11.2. The van der Waals surface area contributed by atoms with E-state index in [9.17, 15) is 0 Å². The molecule has 1 fully saturated rings. The van der Waals surface area contributed by atoms with E-state index in [-0.39, 0.29) is 0 Å². The van der Waals surface area contributed by atoms with Gasteiger partial charge in [-0.2, -0.15) is 16.9 Å². The number of hydrogen-bond donors (Lipinski definition) is 1. The molecule has 0 atom stereocenters. The molecule has 1 saturated heterocycles. The van der Waals surface area contributed by atoms with Gasteiger partial charge in [0.1, 0.15) is 0 Å². The predicted molar refractivity (Wildman–Crippen MR) is 143 cm³/mol. The zero-order chi connectivity index (χ0) is 22.9. The van der Waals surface area contributed by atoms with E-state index in [1.54, 1.807) is 0 Å². The number of benzene rings is 3. The van der Waals surface area contributed by atoms with Gasteiger partial charge in [-0.25, -0.2) is 4.99 Å². The third kappa shape index (κ3) is 7.19. The molecule has 0 radical (unpaired) electrons. The average molecular weight is 477 g/mol. The molecule has 1 aliphatic heterocycles. The molecule has 4 rings (SSSR count). The minimum atomic E-state index is 0.610. The number of hydrazone groups is 1. The van der Waals surface area contributed by atoms with Crippen LogP contribution in [0.2, 0.25) is 5.02 Å². The summed E-state index contributed by atoms with van der Waals surface area (Å²) < 4.78 is 0. The zero-order valence-corrected chi connectivity index (χ0v) is 20.3. The lowest BCUT2D eigenvalue weighted by Gasteiger charge is -2.26. The Morgan fingerprint density at radius 2 is 1.64 bits per heavy atom. The number of amidine groups is 1. The van der Waals surface area contributed by atoms with Gasteiger partial charge in [0.15, 0.2) is 5.84 Å². The molecule has 1 N–H and O–H groups in total. The normalized spacial score (nSPS) is 14.8. The van der Waals surface area contributed by atoms with Crippen LogP contribution in [0.3, 0.4) is 0 Å². The summed E-state index contributed by atoms with van der Waals surface area (Å²) >= 11 is 8.00. The van der Waals surface area contributed by atoms with Crippen molar-refractivity contribution in [3.63, 3.8) is 0 Å². The minimum Gasteiger partial charge on any atom is -0.304 e. The Balaban J connectivity index is 1.33. The molecule has 4 nitrogen and oxygen atoms in total. The number of aliphatic imine (C=N–C) groups is 1. The van der Waals surface area contributed by atoms with Gasteiger partial charge < -0.3 is 5.43 Å². The van der Waals surface area contributed by atoms with Gasteiger partial charge in [-0.15, -0.1) is 0 Å². The van der Waals surface area contributed by atoms with E-state index in [1.165, 1.54) is 46.8 Å². The van der Waals surface area contributed by atoms with Crippen LogP contribution in [0.25, 0.3) is 11.1 Å². The van der Waals surface area contributed by atoms with Crippen LogP contribution in [0.1, 0.15) is 16.7 Å². The van der Waals surface area contributed by atoms with Crippen molar-refractivity contribution in [3.8, 4) is 11.1 Å². The monoisotopic (exact) mass is 476 g/mol. The highest BCUT2D eigenvalue weighted by Gasteiger charge is 2.11. The maximum absolute atomic E-state index is 5.95. The Morgan fingerprint density at radius 1 is 0.909 bits per heavy atom. The van der Waals surface area contributed by atoms with Gasteiger partial charge in [0.05, 0.1) is 6.54 Å². The maximum atomic E-state index is 5.95. The molecule has 1 heterocycles. The van der Waals surface area contributed by atoms with Crippen molar-refractivity contribution in [2.45, 2.75) is 19.5 Å². The van der Waals surface area contributed by atoms with Gasteiger partial charge >= 0.3 is 0 Å². The lowest BCUT2D eigenvalue weighted by atomic mass is 10.0. The third-order valence-corrected chi connectivity index (χ3v) is 6.87. The summed E-state index contributed by atoms with van der Waals surface area (Å²) in [6.07, 6.45) is 0.610. The van der Waals surface area contributed by atoms with Crippen molar-refractivity contribution in [2.75, 3.05) is 24.6 Å². The van der Waals surface area contributed by atoms with Crippen LogP contribution in [0, 0.1) is 0 Å². The fourth-order valence-electron chi connectivity index (χ4n) is 3.82. The summed E-state index contributed by atoms with van der Waals surface area (Å²) in [4.78, 5) is 6.59. The molecule has 170 valence electrons. The van der Waals surface area contributed by atoms with Crippen molar-refractivity contribution in [2.24, 2.45) is 10.1 Å². The molecular formula is C27H29ClN4S. The van der Waals surface area contributed by atoms with Gasteiger partial charge in [0, 0.05) is 42.6 Å². The summed E-state index contributed by atoms with van der Waals surface area (Å²) in [6, 6.07) is 25.2. The Kier molecular flexibility index (Phi) is 8.59. The molecule has 3 aromatic rings. The highest BCUT2D eigenvalue weighted by atomic mass is 35.5. The summed E-state index contributed by atoms with van der Waals surface area (Å²) in [5.41, 5.74) is 9.25. The maximum Gasteiger partial charge on any atom is 0.151 e. The fourth-order valence-corrected chi connectivity index (χ4v) is 4.92. The molecule has 0 spiro atoms. The summed E-state index contributed by atoms with van der Waals surface area (Å²) in [6.45, 7) is 7.67. The Hall–Kier alpha value is -2.60. The molecule has 33 heavy (non-hydrogen) atoms. The van der Waals surface area contributed by atoms with E-state index in [2.05, 4.69) is 87.4 Å². The standard InChI is InChI=1S/C27H29ClN4S/c1-29-27(18-21-7-11-26(28)12-8-21)31-30-19-22-5-9-24(10-6-22)25-4-2-3-23(17-25)20-32-13-15-33-16-14-32/h2-12,17,30H,1,13-16,18-20H2/b31-27-. The van der Waals surface area contributed by atoms with Gasteiger partial charge in [-0.05, 0) is 52.7 Å². The van der Waals surface area contributed by atoms with E-state index >= 15 is 0 Å². The van der Waals surface area contributed by atoms with Crippen LogP contribution in [0.15, 0.2) is 82.9 Å². The number of thioether (sulfide) groups is 1. The van der Waals surface area contributed by atoms with Crippen LogP contribution >= 0.6 is 23.4 Å². The number of nitrogens with one attached hydrogen (secondary N) is 1. The van der Waals surface area contributed by atoms with Gasteiger partial charge in [-0.3, -0.25) is 4.90 Å². The van der Waals surface area contributed by atoms with E-state index in [1.807, 2.05) is 24.3 Å². The van der Waals surface area contributed by atoms with E-state index in [4.69, 9.17) is 11.6 Å². The first-order chi connectivity index (χ1) is 16.2. The molecule has 1 aliphatic rings. The average Bonchev–Trinajstić information content (AvgIpc) is 2.86. The van der Waals surface area contributed by atoms with Crippen molar-refractivity contribution in [3.05, 3.63) is 94.5 Å². The van der Waals surface area contributed by atoms with Crippen molar-refractivity contribution in [1.82, 2.24) is 10.3 Å². The Bertz CT molecular complexity index is 1070. The molecule has 0 amide bonds. The smallest absolute Gasteiger partial charge is 0.151 e. The highest BCUT2D eigenvalue weighted by Crippen LogP contribution is 2.22. The quantitative estimate of drug-likeness (QED) is 0.250. The summed E-state index contributed by atoms with van der Waals surface area (Å²) in [5, 5.41) is 5.12. The lowest BCUT2D eigenvalue weighted by Crippen LogP contribution is -2.31. The zero-order valence-electron chi connectivity index (χ0n) is 18.7. The molecular weight excluding hydrogens is 448 g/mol. The molecule has 0 unspecified atom stereocenters. The SMILES string of the molecule is C=N/C(Cc1ccc(Cl)cc1)=N\NCc1ccc(-c2cccc(CN3CCSCC3)c2)cc1. The van der Waals surface area contributed by atoms with E-state index in [0.29, 0.717) is 18.8 Å². The highest BCUT2D eigenvalue weighted by molar-refractivity contribution is 7.99. The van der Waals surface area contributed by atoms with Crippen LogP contribution < -0.4 is 5.43 Å². The summed E-state index contributed by atoms with van der Waals surface area (Å²) in [7, 11) is 0. The predicted octanol–water partition coefficient (Wildman–Crippen LogP) is 5.90. The Morgan fingerprint density at radius 3 is 2.36 bits per heavy atom. The second kappa shape index (κ2) is 12.0. The van der Waals surface area contributed by atoms with Gasteiger partial charge in [0.25, 0.3) is 0 Å². The second-order valence-electron chi connectivity index (χ2n) is 8.11. The largest absolute Gasteiger partial charge is 0.304 e. The van der Waals surface area contributed by atoms with E-state index in [0.717, 1.165) is 17.1 Å². The summed E-state index contributed by atoms with van der Waals surface area (Å²) in [5.74, 6) is 3.13. The lowest BCUT2D eigenvalue weighted by molar-refractivity contribution is 0.294. The van der Waals surface area contributed by atoms with Crippen LogP contribution in [0.4, 0.5) is 0 Å². The van der Waals surface area contributed by atoms with Gasteiger partial charge in [-0.1, -0.05) is 66.2 Å². The topological polar surface area (TPSA) is 40.0 Å². The third-order valence-electron chi connectivity index (χ3n) is 5.67. The molecule has 3 aromatic carbocycles. The van der Waals surface area contributed by atoms with Crippen molar-refractivity contribution < 1.29 is 0 Å². The van der Waals surface area contributed by atoms with Crippen LogP contribution in [0.5, 0.6) is 0 Å². The van der Waals surface area contributed by atoms with Gasteiger partial charge in [0.2, 0.25) is 0 Å². The molecule has 0 aromatic heterocycles. The minimum absolute atomic E-state index is 0.610. The second-order valence-corrected chi connectivity index (χ2v) is 9.77. The number of halogens is 1.